The van der Waals surface area contributed by atoms with E-state index in [0.29, 0.717) is 16.7 Å². The van der Waals surface area contributed by atoms with Gasteiger partial charge in [-0.1, -0.05) is 29.5 Å². The number of nitrogens with zero attached hydrogens (tertiary/aromatic N) is 2. The van der Waals surface area contributed by atoms with Crippen LogP contribution in [-0.2, 0) is 4.79 Å². The first-order valence-corrected chi connectivity index (χ1v) is 9.04. The largest absolute Gasteiger partial charge is 0.508 e. The monoisotopic (exact) mass is 369 g/mol. The van der Waals surface area contributed by atoms with Crippen molar-refractivity contribution in [2.75, 3.05) is 11.1 Å². The van der Waals surface area contributed by atoms with E-state index in [-0.39, 0.29) is 17.4 Å². The quantitative estimate of drug-likeness (QED) is 0.658. The predicted octanol–water partition coefficient (Wildman–Crippen LogP) is 4.10. The van der Waals surface area contributed by atoms with E-state index in [0.717, 1.165) is 16.8 Å². The molecule has 0 fully saturated rings. The van der Waals surface area contributed by atoms with Crippen LogP contribution in [0.25, 0.3) is 11.5 Å². The first-order valence-electron chi connectivity index (χ1n) is 8.06. The summed E-state index contributed by atoms with van der Waals surface area (Å²) in [5.41, 5.74) is 4.79. The van der Waals surface area contributed by atoms with E-state index in [9.17, 15) is 9.90 Å². The number of phenols is 1. The summed E-state index contributed by atoms with van der Waals surface area (Å²) in [5.74, 6) is 0.554. The van der Waals surface area contributed by atoms with Crippen molar-refractivity contribution in [3.05, 3.63) is 53.1 Å². The molecule has 6 nitrogen and oxygen atoms in total. The molecule has 0 aliphatic rings. The summed E-state index contributed by atoms with van der Waals surface area (Å²) >= 11 is 1.18. The molecular weight excluding hydrogens is 350 g/mol. The Balaban J connectivity index is 1.61. The van der Waals surface area contributed by atoms with Crippen molar-refractivity contribution in [2.45, 2.75) is 26.0 Å². The average molecular weight is 369 g/mol. The molecule has 2 aromatic carbocycles. The van der Waals surface area contributed by atoms with Crippen LogP contribution in [0.15, 0.2) is 46.0 Å². The summed E-state index contributed by atoms with van der Waals surface area (Å²) in [5, 5.41) is 20.5. The second-order valence-corrected chi connectivity index (χ2v) is 6.96. The molecular formula is C19H19N3O3S. The molecule has 0 aliphatic carbocycles. The topological polar surface area (TPSA) is 88.2 Å². The van der Waals surface area contributed by atoms with E-state index in [4.69, 9.17) is 4.42 Å². The maximum atomic E-state index is 12.2. The van der Waals surface area contributed by atoms with Crippen LogP contribution in [-0.4, -0.2) is 27.0 Å². The van der Waals surface area contributed by atoms with E-state index >= 15 is 0 Å². The van der Waals surface area contributed by atoms with Crippen molar-refractivity contribution in [1.29, 1.82) is 0 Å². The molecule has 2 N–H and O–H groups in total. The molecule has 26 heavy (non-hydrogen) atoms. The molecule has 0 atom stereocenters. The number of anilines is 1. The fourth-order valence-corrected chi connectivity index (χ4v) is 3.23. The Morgan fingerprint density at radius 2 is 1.77 bits per heavy atom. The number of aromatic nitrogens is 2. The summed E-state index contributed by atoms with van der Waals surface area (Å²) in [6.45, 7) is 5.98. The Hall–Kier alpha value is -2.80. The maximum absolute atomic E-state index is 12.2. The molecule has 0 bridgehead atoms. The molecule has 3 rings (SSSR count). The smallest absolute Gasteiger partial charge is 0.277 e. The molecule has 0 saturated carbocycles. The lowest BCUT2D eigenvalue weighted by Crippen LogP contribution is -2.15. The first kappa shape index (κ1) is 18.0. The number of hydrogen-bond donors (Lipinski definition) is 2. The highest BCUT2D eigenvalue weighted by Gasteiger charge is 2.13. The van der Waals surface area contributed by atoms with Gasteiger partial charge in [-0.2, -0.15) is 0 Å². The number of nitrogens with one attached hydrogen (secondary N) is 1. The lowest BCUT2D eigenvalue weighted by atomic mass is 10.1. The van der Waals surface area contributed by atoms with Gasteiger partial charge in [-0.05, 0) is 56.2 Å². The van der Waals surface area contributed by atoms with Gasteiger partial charge in [0, 0.05) is 11.3 Å². The lowest BCUT2D eigenvalue weighted by molar-refractivity contribution is -0.113. The zero-order valence-electron chi connectivity index (χ0n) is 14.7. The van der Waals surface area contributed by atoms with Crippen LogP contribution in [0, 0.1) is 20.8 Å². The Kier molecular flexibility index (Phi) is 5.27. The molecule has 0 radical (unpaired) electrons. The van der Waals surface area contributed by atoms with E-state index in [1.165, 1.54) is 17.3 Å². The number of aryl methyl sites for hydroxylation is 3. The second kappa shape index (κ2) is 7.61. The van der Waals surface area contributed by atoms with E-state index < -0.39 is 0 Å². The zero-order chi connectivity index (χ0) is 18.7. The van der Waals surface area contributed by atoms with Crippen molar-refractivity contribution in [3.63, 3.8) is 0 Å². The minimum Gasteiger partial charge on any atom is -0.508 e. The van der Waals surface area contributed by atoms with Gasteiger partial charge in [0.2, 0.25) is 11.8 Å². The number of amides is 1. The third kappa shape index (κ3) is 4.23. The number of carbonyl (C=O) groups excluding carboxylic acids is 1. The van der Waals surface area contributed by atoms with Gasteiger partial charge in [0.15, 0.2) is 0 Å². The summed E-state index contributed by atoms with van der Waals surface area (Å²) in [4.78, 5) is 12.2. The number of benzene rings is 2. The number of thioether (sulfide) groups is 1. The summed E-state index contributed by atoms with van der Waals surface area (Å²) in [6.07, 6.45) is 0. The lowest BCUT2D eigenvalue weighted by Gasteiger charge is -2.12. The molecule has 1 amide bonds. The highest BCUT2D eigenvalue weighted by molar-refractivity contribution is 7.99. The van der Waals surface area contributed by atoms with Crippen LogP contribution in [0.4, 0.5) is 5.69 Å². The fourth-order valence-electron chi connectivity index (χ4n) is 2.67. The molecule has 0 aliphatic heterocycles. The number of carbonyl (C=O) groups is 1. The standard InChI is InChI=1S/C19H19N3O3S/c1-11-8-12(2)17(13(3)9-11)20-16(24)10-26-19-22-21-18(25-19)14-4-6-15(23)7-5-14/h4-9,23H,10H2,1-3H3,(H,20,24). The molecule has 1 aromatic heterocycles. The van der Waals surface area contributed by atoms with Gasteiger partial charge in [0.25, 0.3) is 5.22 Å². The molecule has 3 aromatic rings. The summed E-state index contributed by atoms with van der Waals surface area (Å²) in [7, 11) is 0. The number of hydrogen-bond acceptors (Lipinski definition) is 6. The van der Waals surface area contributed by atoms with Crippen molar-refractivity contribution in [1.82, 2.24) is 10.2 Å². The van der Waals surface area contributed by atoms with Crippen LogP contribution in [0.5, 0.6) is 5.75 Å². The SMILES string of the molecule is Cc1cc(C)c(NC(=O)CSc2nnc(-c3ccc(O)cc3)o2)c(C)c1. The van der Waals surface area contributed by atoms with Crippen LogP contribution in [0.3, 0.4) is 0 Å². The van der Waals surface area contributed by atoms with E-state index in [1.54, 1.807) is 24.3 Å². The average Bonchev–Trinajstić information content (AvgIpc) is 3.06. The van der Waals surface area contributed by atoms with Gasteiger partial charge >= 0.3 is 0 Å². The highest BCUT2D eigenvalue weighted by Crippen LogP contribution is 2.26. The number of phenolic OH excluding ortho intramolecular Hbond substituents is 1. The van der Waals surface area contributed by atoms with Gasteiger partial charge in [0.1, 0.15) is 5.75 Å². The maximum Gasteiger partial charge on any atom is 0.277 e. The minimum atomic E-state index is -0.130. The zero-order valence-corrected chi connectivity index (χ0v) is 15.6. The number of aromatic hydroxyl groups is 1. The molecule has 0 spiro atoms. The Bertz CT molecular complexity index is 912. The molecule has 0 unspecified atom stereocenters. The van der Waals surface area contributed by atoms with Crippen molar-refractivity contribution < 1.29 is 14.3 Å². The van der Waals surface area contributed by atoms with Crippen molar-refractivity contribution >= 4 is 23.4 Å². The van der Waals surface area contributed by atoms with Crippen LogP contribution < -0.4 is 5.32 Å². The molecule has 134 valence electrons. The van der Waals surface area contributed by atoms with Crippen LogP contribution in [0.2, 0.25) is 0 Å². The molecule has 0 saturated heterocycles. The molecule has 7 heteroatoms. The van der Waals surface area contributed by atoms with E-state index in [1.807, 2.05) is 32.9 Å². The Labute approximate surface area is 155 Å². The van der Waals surface area contributed by atoms with Crippen LogP contribution >= 0.6 is 11.8 Å². The third-order valence-corrected chi connectivity index (χ3v) is 4.61. The highest BCUT2D eigenvalue weighted by atomic mass is 32.2. The van der Waals surface area contributed by atoms with Crippen molar-refractivity contribution in [3.8, 4) is 17.2 Å². The molecule has 1 heterocycles. The Morgan fingerprint density at radius 1 is 1.12 bits per heavy atom. The summed E-state index contributed by atoms with van der Waals surface area (Å²) < 4.78 is 5.55. The summed E-state index contributed by atoms with van der Waals surface area (Å²) in [6, 6.07) is 10.5. The normalized spacial score (nSPS) is 10.7. The third-order valence-electron chi connectivity index (χ3n) is 3.79. The fraction of sp³-hybridized carbons (Fsp3) is 0.211. The van der Waals surface area contributed by atoms with Gasteiger partial charge in [-0.3, -0.25) is 4.79 Å². The predicted molar refractivity (Wildman–Crippen MR) is 101 cm³/mol. The Morgan fingerprint density at radius 3 is 2.42 bits per heavy atom. The number of rotatable bonds is 5. The van der Waals surface area contributed by atoms with Gasteiger partial charge < -0.3 is 14.8 Å². The van der Waals surface area contributed by atoms with Gasteiger partial charge in [-0.25, -0.2) is 0 Å². The first-order chi connectivity index (χ1) is 12.4. The van der Waals surface area contributed by atoms with Crippen LogP contribution in [0.1, 0.15) is 16.7 Å². The van der Waals surface area contributed by atoms with Gasteiger partial charge in [0.05, 0.1) is 5.75 Å². The van der Waals surface area contributed by atoms with Gasteiger partial charge in [-0.15, -0.1) is 10.2 Å². The second-order valence-electron chi connectivity index (χ2n) is 6.03. The van der Waals surface area contributed by atoms with Crippen molar-refractivity contribution in [2.24, 2.45) is 0 Å². The minimum absolute atomic E-state index is 0.130. The van der Waals surface area contributed by atoms with E-state index in [2.05, 4.69) is 15.5 Å².